The van der Waals surface area contributed by atoms with E-state index in [0.717, 1.165) is 4.31 Å². The van der Waals surface area contributed by atoms with Crippen LogP contribution in [0.1, 0.15) is 6.92 Å². The van der Waals surface area contributed by atoms with Crippen LogP contribution in [0.2, 0.25) is 10.0 Å². The van der Waals surface area contributed by atoms with Gasteiger partial charge in [0.15, 0.2) is 0 Å². The zero-order chi connectivity index (χ0) is 15.1. The second-order valence-electron chi connectivity index (χ2n) is 4.82. The van der Waals surface area contributed by atoms with E-state index in [1.165, 1.54) is 18.2 Å². The van der Waals surface area contributed by atoms with Crippen LogP contribution in [0.15, 0.2) is 23.1 Å². The summed E-state index contributed by atoms with van der Waals surface area (Å²) in [5, 5.41) is 9.40. The quantitative estimate of drug-likeness (QED) is 0.918. The SMILES string of the molecule is CC1CN(S(=O)(=O)c2cc(Cl)ccc2Cl)CC1C(=O)O. The molecule has 1 aliphatic rings. The van der Waals surface area contributed by atoms with Gasteiger partial charge in [-0.25, -0.2) is 8.42 Å². The Bertz CT molecular complexity index is 647. The van der Waals surface area contributed by atoms with Gasteiger partial charge in [0.1, 0.15) is 4.90 Å². The maximum absolute atomic E-state index is 12.5. The van der Waals surface area contributed by atoms with E-state index in [-0.39, 0.29) is 33.9 Å². The first-order valence-electron chi connectivity index (χ1n) is 5.91. The van der Waals surface area contributed by atoms with Gasteiger partial charge in [-0.3, -0.25) is 4.79 Å². The number of benzene rings is 1. The molecule has 0 saturated carbocycles. The molecule has 1 aromatic rings. The predicted octanol–water partition coefficient (Wildman–Crippen LogP) is 2.33. The van der Waals surface area contributed by atoms with Crippen molar-refractivity contribution in [2.75, 3.05) is 13.1 Å². The molecule has 0 bridgehead atoms. The molecule has 1 N–H and O–H groups in total. The predicted molar refractivity (Wildman–Crippen MR) is 75.5 cm³/mol. The molecule has 2 rings (SSSR count). The molecule has 1 saturated heterocycles. The van der Waals surface area contributed by atoms with Crippen LogP contribution in [-0.4, -0.2) is 36.9 Å². The lowest BCUT2D eigenvalue weighted by Crippen LogP contribution is -2.30. The fourth-order valence-electron chi connectivity index (χ4n) is 2.25. The molecule has 0 aliphatic carbocycles. The minimum Gasteiger partial charge on any atom is -0.481 e. The van der Waals surface area contributed by atoms with Crippen molar-refractivity contribution in [2.24, 2.45) is 11.8 Å². The van der Waals surface area contributed by atoms with Crippen molar-refractivity contribution >= 4 is 39.2 Å². The van der Waals surface area contributed by atoms with Crippen LogP contribution in [0.5, 0.6) is 0 Å². The third-order valence-corrected chi connectivity index (χ3v) is 5.96. The van der Waals surface area contributed by atoms with Crippen LogP contribution < -0.4 is 0 Å². The van der Waals surface area contributed by atoms with E-state index in [1.807, 2.05) is 0 Å². The van der Waals surface area contributed by atoms with Crippen molar-refractivity contribution in [1.82, 2.24) is 4.31 Å². The van der Waals surface area contributed by atoms with Crippen LogP contribution >= 0.6 is 23.2 Å². The average molecular weight is 338 g/mol. The minimum atomic E-state index is -3.84. The van der Waals surface area contributed by atoms with Gasteiger partial charge in [-0.2, -0.15) is 4.31 Å². The summed E-state index contributed by atoms with van der Waals surface area (Å²) in [6, 6.07) is 4.18. The smallest absolute Gasteiger partial charge is 0.308 e. The number of halogens is 2. The van der Waals surface area contributed by atoms with Gasteiger partial charge >= 0.3 is 5.97 Å². The fourth-order valence-corrected chi connectivity index (χ4v) is 4.56. The lowest BCUT2D eigenvalue weighted by atomic mass is 9.99. The molecule has 8 heteroatoms. The number of aliphatic carboxylic acids is 1. The molecule has 20 heavy (non-hydrogen) atoms. The van der Waals surface area contributed by atoms with Crippen LogP contribution in [0, 0.1) is 11.8 Å². The molecule has 2 atom stereocenters. The highest BCUT2D eigenvalue weighted by Crippen LogP contribution is 2.32. The van der Waals surface area contributed by atoms with E-state index in [1.54, 1.807) is 6.92 Å². The van der Waals surface area contributed by atoms with Crippen LogP contribution in [0.25, 0.3) is 0 Å². The largest absolute Gasteiger partial charge is 0.481 e. The number of nitrogens with zero attached hydrogens (tertiary/aromatic N) is 1. The summed E-state index contributed by atoms with van der Waals surface area (Å²) in [6.45, 7) is 1.82. The first-order valence-corrected chi connectivity index (χ1v) is 8.11. The minimum absolute atomic E-state index is 0.0539. The summed E-state index contributed by atoms with van der Waals surface area (Å²) >= 11 is 11.7. The third kappa shape index (κ3) is 2.79. The normalized spacial score (nSPS) is 23.9. The summed E-state index contributed by atoms with van der Waals surface area (Å²) in [6.07, 6.45) is 0. The molecule has 110 valence electrons. The van der Waals surface area contributed by atoms with Crippen molar-refractivity contribution in [3.63, 3.8) is 0 Å². The van der Waals surface area contributed by atoms with Crippen molar-refractivity contribution in [3.05, 3.63) is 28.2 Å². The van der Waals surface area contributed by atoms with Crippen molar-refractivity contribution in [3.8, 4) is 0 Å². The summed E-state index contributed by atoms with van der Waals surface area (Å²) in [7, 11) is -3.84. The highest BCUT2D eigenvalue weighted by Gasteiger charge is 2.41. The fraction of sp³-hybridized carbons (Fsp3) is 0.417. The Balaban J connectivity index is 2.37. The van der Waals surface area contributed by atoms with Crippen molar-refractivity contribution in [1.29, 1.82) is 0 Å². The second kappa shape index (κ2) is 5.52. The number of hydrogen-bond acceptors (Lipinski definition) is 3. The Hall–Kier alpha value is -0.820. The first kappa shape index (κ1) is 15.6. The molecule has 1 aromatic carbocycles. The Labute approximate surface area is 127 Å². The number of carbonyl (C=O) groups is 1. The molecule has 1 aliphatic heterocycles. The average Bonchev–Trinajstić information content (AvgIpc) is 2.75. The summed E-state index contributed by atoms with van der Waals surface area (Å²) < 4.78 is 26.2. The van der Waals surface area contributed by atoms with Crippen molar-refractivity contribution in [2.45, 2.75) is 11.8 Å². The summed E-state index contributed by atoms with van der Waals surface area (Å²) in [5.41, 5.74) is 0. The van der Waals surface area contributed by atoms with E-state index < -0.39 is 21.9 Å². The molecule has 0 amide bonds. The highest BCUT2D eigenvalue weighted by atomic mass is 35.5. The lowest BCUT2D eigenvalue weighted by molar-refractivity contribution is -0.142. The highest BCUT2D eigenvalue weighted by molar-refractivity contribution is 7.89. The maximum Gasteiger partial charge on any atom is 0.308 e. The Morgan fingerprint density at radius 1 is 1.35 bits per heavy atom. The molecule has 0 aromatic heterocycles. The van der Waals surface area contributed by atoms with Gasteiger partial charge in [-0.15, -0.1) is 0 Å². The van der Waals surface area contributed by atoms with Gasteiger partial charge in [0, 0.05) is 18.1 Å². The van der Waals surface area contributed by atoms with Crippen LogP contribution in [-0.2, 0) is 14.8 Å². The molecule has 5 nitrogen and oxygen atoms in total. The third-order valence-electron chi connectivity index (χ3n) is 3.41. The number of carboxylic acids is 1. The zero-order valence-corrected chi connectivity index (χ0v) is 12.9. The number of hydrogen-bond donors (Lipinski definition) is 1. The second-order valence-corrected chi connectivity index (χ2v) is 7.57. The molecule has 0 radical (unpaired) electrons. The van der Waals surface area contributed by atoms with E-state index >= 15 is 0 Å². The molecule has 1 heterocycles. The van der Waals surface area contributed by atoms with Crippen LogP contribution in [0.3, 0.4) is 0 Å². The Morgan fingerprint density at radius 2 is 2.00 bits per heavy atom. The monoisotopic (exact) mass is 337 g/mol. The van der Waals surface area contributed by atoms with E-state index in [0.29, 0.717) is 0 Å². The maximum atomic E-state index is 12.5. The summed E-state index contributed by atoms with van der Waals surface area (Å²) in [4.78, 5) is 11.0. The van der Waals surface area contributed by atoms with Crippen molar-refractivity contribution < 1.29 is 18.3 Å². The van der Waals surface area contributed by atoms with Gasteiger partial charge in [-0.05, 0) is 24.1 Å². The standard InChI is InChI=1S/C12H13Cl2NO4S/c1-7-5-15(6-9(7)12(16)17)20(18,19)11-4-8(13)2-3-10(11)14/h2-4,7,9H,5-6H2,1H3,(H,16,17). The van der Waals surface area contributed by atoms with Gasteiger partial charge in [0.25, 0.3) is 0 Å². The molecular weight excluding hydrogens is 325 g/mol. The Morgan fingerprint density at radius 3 is 2.55 bits per heavy atom. The van der Waals surface area contributed by atoms with Gasteiger partial charge in [-0.1, -0.05) is 30.1 Å². The number of rotatable bonds is 3. The zero-order valence-electron chi connectivity index (χ0n) is 10.6. The molecule has 2 unspecified atom stereocenters. The van der Waals surface area contributed by atoms with Gasteiger partial charge < -0.3 is 5.11 Å². The van der Waals surface area contributed by atoms with E-state index in [2.05, 4.69) is 0 Å². The van der Waals surface area contributed by atoms with Gasteiger partial charge in [0.2, 0.25) is 10.0 Å². The first-order chi connectivity index (χ1) is 9.23. The van der Waals surface area contributed by atoms with Crippen LogP contribution in [0.4, 0.5) is 0 Å². The molecular formula is C12H13Cl2NO4S. The van der Waals surface area contributed by atoms with Gasteiger partial charge in [0.05, 0.1) is 10.9 Å². The number of sulfonamides is 1. The molecule has 0 spiro atoms. The lowest BCUT2D eigenvalue weighted by Gasteiger charge is -2.17. The number of carboxylic acid groups (broad SMARTS) is 1. The van der Waals surface area contributed by atoms with E-state index in [9.17, 15) is 13.2 Å². The topological polar surface area (TPSA) is 74.7 Å². The summed E-state index contributed by atoms with van der Waals surface area (Å²) in [5.74, 6) is -1.95. The Kier molecular flexibility index (Phi) is 4.30. The van der Waals surface area contributed by atoms with E-state index in [4.69, 9.17) is 28.3 Å². The molecule has 1 fully saturated rings.